The molecule has 0 amide bonds. The molecule has 3 atom stereocenters. The molecule has 0 saturated carbocycles. The van der Waals surface area contributed by atoms with Crippen LogP contribution in [0.25, 0.3) is 0 Å². The van der Waals surface area contributed by atoms with Crippen LogP contribution in [0.1, 0.15) is 25.3 Å². The molecule has 0 N–H and O–H groups in total. The lowest BCUT2D eigenvalue weighted by molar-refractivity contribution is -0.149. The molecule has 27 heavy (non-hydrogen) atoms. The van der Waals surface area contributed by atoms with Crippen LogP contribution in [0, 0.1) is 5.92 Å². The molecule has 2 aliphatic rings. The Hall–Kier alpha value is -1.92. The Morgan fingerprint density at radius 2 is 2.04 bits per heavy atom. The zero-order valence-electron chi connectivity index (χ0n) is 15.7. The number of ether oxygens (including phenoxy) is 2. The van der Waals surface area contributed by atoms with Crippen molar-refractivity contribution in [3.63, 3.8) is 0 Å². The van der Waals surface area contributed by atoms with Gasteiger partial charge in [-0.2, -0.15) is 0 Å². The smallest absolute Gasteiger partial charge is 0.336 e. The van der Waals surface area contributed by atoms with Gasteiger partial charge in [-0.25, -0.2) is 4.79 Å². The maximum absolute atomic E-state index is 13.0. The highest BCUT2D eigenvalue weighted by Crippen LogP contribution is 2.58. The first-order valence-corrected chi connectivity index (χ1v) is 9.87. The van der Waals surface area contributed by atoms with E-state index < -0.39 is 22.7 Å². The minimum absolute atomic E-state index is 0.386. The fourth-order valence-electron chi connectivity index (χ4n) is 4.22. The Morgan fingerprint density at radius 3 is 2.63 bits per heavy atom. The first-order valence-electron chi connectivity index (χ1n) is 8.50. The molecule has 0 aliphatic carbocycles. The van der Waals surface area contributed by atoms with Gasteiger partial charge in [0.2, 0.25) is 0 Å². The molecule has 1 aromatic rings. The van der Waals surface area contributed by atoms with Crippen LogP contribution in [0.5, 0.6) is 0 Å². The summed E-state index contributed by atoms with van der Waals surface area (Å²) in [6.07, 6.45) is 0. The molecule has 5 nitrogen and oxygen atoms in total. The Kier molecular flexibility index (Phi) is 5.32. The van der Waals surface area contributed by atoms with Crippen LogP contribution in [-0.2, 0) is 19.1 Å². The monoisotopic (exact) mass is 407 g/mol. The summed E-state index contributed by atoms with van der Waals surface area (Å²) in [5.74, 6) is -1.37. The highest BCUT2D eigenvalue weighted by molar-refractivity contribution is 8.01. The summed E-state index contributed by atoms with van der Waals surface area (Å²) in [4.78, 5) is 27.1. The van der Waals surface area contributed by atoms with Crippen molar-refractivity contribution in [3.05, 3.63) is 58.4 Å². The Morgan fingerprint density at radius 1 is 1.33 bits per heavy atom. The standard InChI is InChI=1S/C20H22ClNO4S/c1-11-10-27-20(3)17(19(24)26-5)16(13-7-6-8-14(21)9-13)15(18(23)25-4)12(2)22(11)20/h6-9,16-17H,1,10H2,2-5H3/t16-,17-,20+/m1/s1. The van der Waals surface area contributed by atoms with Gasteiger partial charge in [0.1, 0.15) is 10.8 Å². The van der Waals surface area contributed by atoms with Crippen molar-refractivity contribution in [2.75, 3.05) is 20.0 Å². The number of hydrogen-bond acceptors (Lipinski definition) is 6. The molecule has 3 rings (SSSR count). The minimum Gasteiger partial charge on any atom is -0.469 e. The quantitative estimate of drug-likeness (QED) is 0.707. The molecule has 7 heteroatoms. The lowest BCUT2D eigenvalue weighted by Gasteiger charge is -2.49. The van der Waals surface area contributed by atoms with Crippen molar-refractivity contribution in [2.45, 2.75) is 24.6 Å². The summed E-state index contributed by atoms with van der Waals surface area (Å²) >= 11 is 7.84. The first kappa shape index (κ1) is 19.8. The molecule has 0 aromatic heterocycles. The number of halogens is 1. The average molecular weight is 408 g/mol. The zero-order chi connectivity index (χ0) is 19.9. The highest BCUT2D eigenvalue weighted by atomic mass is 35.5. The van der Waals surface area contributed by atoms with Crippen molar-refractivity contribution in [1.29, 1.82) is 0 Å². The summed E-state index contributed by atoms with van der Waals surface area (Å²) in [6.45, 7) is 7.99. The topological polar surface area (TPSA) is 55.8 Å². The second-order valence-corrected chi connectivity index (χ2v) is 8.61. The second-order valence-electron chi connectivity index (χ2n) is 6.77. The SMILES string of the molecule is C=C1CS[C@@]2(C)[C@@H](C(=O)OC)[C@H](c3cccc(Cl)c3)C(C(=O)OC)=C(C)N12. The highest BCUT2D eigenvalue weighted by Gasteiger charge is 2.58. The largest absolute Gasteiger partial charge is 0.469 e. The molecule has 0 spiro atoms. The number of carbonyl (C=O) groups is 2. The molecule has 2 aliphatic heterocycles. The molecule has 1 aromatic carbocycles. The normalized spacial score (nSPS) is 27.4. The van der Waals surface area contributed by atoms with E-state index in [-0.39, 0.29) is 5.97 Å². The number of carbonyl (C=O) groups excluding carboxylic acids is 2. The number of thioether (sulfide) groups is 1. The van der Waals surface area contributed by atoms with Gasteiger partial charge in [-0.15, -0.1) is 11.8 Å². The molecule has 0 unspecified atom stereocenters. The molecular weight excluding hydrogens is 386 g/mol. The lowest BCUT2D eigenvalue weighted by Crippen LogP contribution is -2.54. The first-order chi connectivity index (χ1) is 12.8. The van der Waals surface area contributed by atoms with E-state index in [1.54, 1.807) is 23.9 Å². The molecule has 0 bridgehead atoms. The number of rotatable bonds is 3. The molecule has 2 heterocycles. The number of hydrogen-bond donors (Lipinski definition) is 0. The van der Waals surface area contributed by atoms with Gasteiger partial charge in [-0.05, 0) is 31.5 Å². The predicted octanol–water partition coefficient (Wildman–Crippen LogP) is 3.95. The van der Waals surface area contributed by atoms with Crippen molar-refractivity contribution in [1.82, 2.24) is 4.90 Å². The third kappa shape index (κ3) is 3.05. The lowest BCUT2D eigenvalue weighted by atomic mass is 9.72. The number of fused-ring (bicyclic) bond motifs is 1. The minimum atomic E-state index is -0.636. The third-order valence-corrected chi connectivity index (χ3v) is 7.04. The van der Waals surface area contributed by atoms with Crippen LogP contribution < -0.4 is 0 Å². The Balaban J connectivity index is 2.33. The van der Waals surface area contributed by atoms with Gasteiger partial charge < -0.3 is 14.4 Å². The summed E-state index contributed by atoms with van der Waals surface area (Å²) in [6, 6.07) is 7.23. The van der Waals surface area contributed by atoms with Crippen molar-refractivity contribution in [3.8, 4) is 0 Å². The molecule has 0 radical (unpaired) electrons. The van der Waals surface area contributed by atoms with Gasteiger partial charge in [-0.1, -0.05) is 30.3 Å². The van der Waals surface area contributed by atoms with Crippen molar-refractivity contribution < 1.29 is 19.1 Å². The zero-order valence-corrected chi connectivity index (χ0v) is 17.3. The maximum atomic E-state index is 13.0. The molecule has 1 fully saturated rings. The number of benzene rings is 1. The van der Waals surface area contributed by atoms with Gasteiger partial charge in [0.05, 0.1) is 19.8 Å². The van der Waals surface area contributed by atoms with E-state index in [4.69, 9.17) is 21.1 Å². The van der Waals surface area contributed by atoms with E-state index >= 15 is 0 Å². The fraction of sp³-hybridized carbons (Fsp3) is 0.400. The van der Waals surface area contributed by atoms with Crippen molar-refractivity contribution in [2.24, 2.45) is 5.92 Å². The van der Waals surface area contributed by atoms with E-state index in [0.29, 0.717) is 16.3 Å². The van der Waals surface area contributed by atoms with E-state index in [1.165, 1.54) is 14.2 Å². The Labute approximate surface area is 168 Å². The van der Waals surface area contributed by atoms with Crippen LogP contribution in [0.15, 0.2) is 47.8 Å². The maximum Gasteiger partial charge on any atom is 0.336 e. The Bertz CT molecular complexity index is 852. The fourth-order valence-corrected chi connectivity index (χ4v) is 5.81. The number of nitrogens with zero attached hydrogens (tertiary/aromatic N) is 1. The average Bonchev–Trinajstić information content (AvgIpc) is 2.95. The van der Waals surface area contributed by atoms with E-state index in [2.05, 4.69) is 6.58 Å². The van der Waals surface area contributed by atoms with E-state index in [1.807, 2.05) is 30.9 Å². The van der Waals surface area contributed by atoms with Crippen LogP contribution in [-0.4, -0.2) is 41.7 Å². The summed E-state index contributed by atoms with van der Waals surface area (Å²) in [7, 11) is 2.70. The summed E-state index contributed by atoms with van der Waals surface area (Å²) < 4.78 is 10.2. The van der Waals surface area contributed by atoms with Gasteiger partial charge in [0.25, 0.3) is 0 Å². The van der Waals surface area contributed by atoms with Crippen molar-refractivity contribution >= 4 is 35.3 Å². The molecule has 144 valence electrons. The van der Waals surface area contributed by atoms with E-state index in [0.717, 1.165) is 17.0 Å². The van der Waals surface area contributed by atoms with Gasteiger partial charge >= 0.3 is 11.9 Å². The second kappa shape index (κ2) is 7.24. The predicted molar refractivity (Wildman–Crippen MR) is 106 cm³/mol. The van der Waals surface area contributed by atoms with Crippen LogP contribution in [0.4, 0.5) is 0 Å². The van der Waals surface area contributed by atoms with Crippen LogP contribution in [0.2, 0.25) is 5.02 Å². The van der Waals surface area contributed by atoms with Crippen LogP contribution in [0.3, 0.4) is 0 Å². The number of esters is 2. The van der Waals surface area contributed by atoms with Gasteiger partial charge in [0, 0.05) is 28.1 Å². The molecular formula is C20H22ClNO4S. The van der Waals surface area contributed by atoms with Gasteiger partial charge in [-0.3, -0.25) is 4.79 Å². The summed E-state index contributed by atoms with van der Waals surface area (Å²) in [5, 5.41) is 0.536. The molecule has 1 saturated heterocycles. The third-order valence-electron chi connectivity index (χ3n) is 5.31. The van der Waals surface area contributed by atoms with E-state index in [9.17, 15) is 9.59 Å². The number of methoxy groups -OCH3 is 2. The van der Waals surface area contributed by atoms with Gasteiger partial charge in [0.15, 0.2) is 0 Å². The summed E-state index contributed by atoms with van der Waals surface area (Å²) in [5.41, 5.74) is 2.79. The number of allylic oxidation sites excluding steroid dienone is 1. The van der Waals surface area contributed by atoms with Crippen LogP contribution >= 0.6 is 23.4 Å².